The molecule has 4 aliphatic rings. The normalized spacial score (nSPS) is 54.4. The number of hydrogen-bond donors (Lipinski definition) is 8. The molecule has 3 saturated heterocycles. The number of nitrogens with two attached hydrogens (primary N) is 4. The number of aliphatic hydroxyl groups excluding tert-OH is 3. The number of nitrogens with one attached hydrogen (secondary N) is 1. The van der Waals surface area contributed by atoms with Crippen molar-refractivity contribution in [2.75, 3.05) is 7.05 Å². The Bertz CT molecular complexity index is 679. The van der Waals surface area contributed by atoms with Gasteiger partial charge in [-0.15, -0.1) is 0 Å². The van der Waals surface area contributed by atoms with Crippen molar-refractivity contribution < 1.29 is 39.0 Å². The Labute approximate surface area is 199 Å². The summed E-state index contributed by atoms with van der Waals surface area (Å²) in [4.78, 5) is 0. The summed E-state index contributed by atoms with van der Waals surface area (Å²) in [7, 11) is 1.65. The van der Waals surface area contributed by atoms with Crippen molar-refractivity contribution in [3.05, 3.63) is 0 Å². The van der Waals surface area contributed by atoms with Crippen LogP contribution in [0.15, 0.2) is 0 Å². The number of rotatable bonds is 5. The summed E-state index contributed by atoms with van der Waals surface area (Å²) in [6.07, 6.45) is -6.13. The van der Waals surface area contributed by atoms with Crippen molar-refractivity contribution in [3.63, 3.8) is 0 Å². The van der Waals surface area contributed by atoms with Gasteiger partial charge in [0.05, 0.1) is 36.4 Å². The first-order valence-electron chi connectivity index (χ1n) is 12.1. The fourth-order valence-electron chi connectivity index (χ4n) is 5.32. The van der Waals surface area contributed by atoms with E-state index in [-0.39, 0.29) is 18.2 Å². The lowest BCUT2D eigenvalue weighted by molar-refractivity contribution is -0.369. The van der Waals surface area contributed by atoms with Gasteiger partial charge in [-0.05, 0) is 39.7 Å². The molecule has 9 unspecified atom stereocenters. The van der Waals surface area contributed by atoms with Gasteiger partial charge in [-0.25, -0.2) is 0 Å². The van der Waals surface area contributed by atoms with Gasteiger partial charge in [-0.2, -0.15) is 0 Å². The zero-order valence-corrected chi connectivity index (χ0v) is 19.7. The highest BCUT2D eigenvalue weighted by Crippen LogP contribution is 2.35. The van der Waals surface area contributed by atoms with Crippen LogP contribution < -0.4 is 28.3 Å². The van der Waals surface area contributed by atoms with E-state index < -0.39 is 73.6 Å². The van der Waals surface area contributed by atoms with Crippen molar-refractivity contribution in [2.24, 2.45) is 22.9 Å². The maximum Gasteiger partial charge on any atom is 0.189 e. The van der Waals surface area contributed by atoms with E-state index in [0.29, 0.717) is 12.8 Å². The van der Waals surface area contributed by atoms with Gasteiger partial charge in [0.25, 0.3) is 0 Å². The zero-order valence-electron chi connectivity index (χ0n) is 19.7. The van der Waals surface area contributed by atoms with E-state index in [0.717, 1.165) is 12.8 Å². The van der Waals surface area contributed by atoms with Crippen LogP contribution >= 0.6 is 0 Å². The smallest absolute Gasteiger partial charge is 0.189 e. The second kappa shape index (κ2) is 10.8. The third kappa shape index (κ3) is 5.27. The number of likely N-dealkylation sites (N-methyl/N-ethyl adjacent to an activating group) is 1. The van der Waals surface area contributed by atoms with Crippen molar-refractivity contribution in [1.82, 2.24) is 5.32 Å². The van der Waals surface area contributed by atoms with Gasteiger partial charge in [-0.3, -0.25) is 0 Å². The molecule has 0 bridgehead atoms. The molecule has 1 aliphatic carbocycles. The topological polar surface area (TPSA) is 223 Å². The van der Waals surface area contributed by atoms with Gasteiger partial charge < -0.3 is 67.3 Å². The SMILES string of the molecule is CNC1C(O[C@H]2OC(C)[C@@H](N)C(O)[C@H]2O)O[C@H]2CC(N)C(O[C@H]3CC[C@H](N)CC3N)OC2C1O. The van der Waals surface area contributed by atoms with Gasteiger partial charge >= 0.3 is 0 Å². The molecule has 3 aliphatic heterocycles. The highest BCUT2D eigenvalue weighted by Gasteiger charge is 2.53. The third-order valence-corrected chi connectivity index (χ3v) is 7.52. The van der Waals surface area contributed by atoms with Crippen LogP contribution in [0.3, 0.4) is 0 Å². The second-order valence-corrected chi connectivity index (χ2v) is 10.0. The monoisotopic (exact) mass is 491 g/mol. The molecule has 0 aromatic rings. The molecule has 0 spiro atoms. The average molecular weight is 492 g/mol. The van der Waals surface area contributed by atoms with Crippen LogP contribution in [0.4, 0.5) is 0 Å². The second-order valence-electron chi connectivity index (χ2n) is 10.0. The van der Waals surface area contributed by atoms with Crippen LogP contribution in [-0.2, 0) is 23.7 Å². The Morgan fingerprint density at radius 2 is 1.53 bits per heavy atom. The summed E-state index contributed by atoms with van der Waals surface area (Å²) >= 11 is 0. The van der Waals surface area contributed by atoms with Crippen molar-refractivity contribution in [1.29, 1.82) is 0 Å². The summed E-state index contributed by atoms with van der Waals surface area (Å²) in [6.45, 7) is 1.68. The van der Waals surface area contributed by atoms with E-state index in [1.54, 1.807) is 14.0 Å². The molecule has 3 heterocycles. The first-order valence-corrected chi connectivity index (χ1v) is 12.1. The van der Waals surface area contributed by atoms with E-state index in [2.05, 4.69) is 5.32 Å². The van der Waals surface area contributed by atoms with Gasteiger partial charge in [0.2, 0.25) is 0 Å². The fraction of sp³-hybridized carbons (Fsp3) is 1.00. The van der Waals surface area contributed by atoms with Crippen molar-refractivity contribution >= 4 is 0 Å². The molecule has 13 heteroatoms. The third-order valence-electron chi connectivity index (χ3n) is 7.52. The fourth-order valence-corrected chi connectivity index (χ4v) is 5.32. The van der Waals surface area contributed by atoms with Crippen LogP contribution in [0.1, 0.15) is 32.6 Å². The molecule has 0 aromatic carbocycles. The van der Waals surface area contributed by atoms with Crippen LogP contribution in [0.5, 0.6) is 0 Å². The molecule has 0 amide bonds. The molecular weight excluding hydrogens is 450 g/mol. The molecule has 4 rings (SSSR count). The molecular formula is C21H41N5O8. The van der Waals surface area contributed by atoms with Crippen LogP contribution in [0.2, 0.25) is 0 Å². The first-order chi connectivity index (χ1) is 16.1. The Morgan fingerprint density at radius 3 is 2.21 bits per heavy atom. The quantitative estimate of drug-likeness (QED) is 0.185. The lowest BCUT2D eigenvalue weighted by Crippen LogP contribution is -2.69. The number of hydrogen-bond acceptors (Lipinski definition) is 13. The van der Waals surface area contributed by atoms with Crippen LogP contribution in [0.25, 0.3) is 0 Å². The largest absolute Gasteiger partial charge is 0.388 e. The number of aliphatic hydroxyl groups is 3. The summed E-state index contributed by atoms with van der Waals surface area (Å²) in [6, 6.07) is -2.13. The minimum Gasteiger partial charge on any atom is -0.388 e. The van der Waals surface area contributed by atoms with E-state index in [1.807, 2.05) is 0 Å². The Morgan fingerprint density at radius 1 is 0.794 bits per heavy atom. The molecule has 15 atom stereocenters. The van der Waals surface area contributed by atoms with Crippen molar-refractivity contribution in [2.45, 2.75) is 124 Å². The zero-order chi connectivity index (χ0) is 24.7. The average Bonchev–Trinajstić information content (AvgIpc) is 2.79. The Kier molecular flexibility index (Phi) is 8.47. The van der Waals surface area contributed by atoms with Gasteiger partial charge in [0, 0.05) is 12.1 Å². The van der Waals surface area contributed by atoms with Crippen molar-refractivity contribution in [3.8, 4) is 0 Å². The standard InChI is InChI=1S/C21H41N5O8/c1-7-13(25)15(27)17(29)21(30-7)34-20-14(26-2)16(28)18-12(32-20)6-10(24)19(33-18)31-11-4-3-8(22)5-9(11)23/h7-21,26-29H,3-6,22-25H2,1-2H3/t7?,8-,9?,10?,11-,12-,13+,14?,15?,16?,17+,18?,19?,20?,21+/m0/s1. The predicted octanol–water partition coefficient (Wildman–Crippen LogP) is -3.86. The van der Waals surface area contributed by atoms with E-state index in [1.165, 1.54) is 0 Å². The summed E-state index contributed by atoms with van der Waals surface area (Å²) in [5, 5.41) is 34.7. The minimum absolute atomic E-state index is 0.0635. The lowest BCUT2D eigenvalue weighted by atomic mass is 9.88. The maximum atomic E-state index is 11.1. The summed E-state index contributed by atoms with van der Waals surface area (Å²) in [5.74, 6) is 0. The van der Waals surface area contributed by atoms with Gasteiger partial charge in [-0.1, -0.05) is 0 Å². The van der Waals surface area contributed by atoms with E-state index in [9.17, 15) is 15.3 Å². The molecule has 1 saturated carbocycles. The molecule has 12 N–H and O–H groups in total. The molecule has 4 fully saturated rings. The van der Waals surface area contributed by atoms with Crippen LogP contribution in [-0.4, -0.2) is 114 Å². The number of ether oxygens (including phenoxy) is 5. The number of fused-ring (bicyclic) bond motifs is 1. The molecule has 0 aromatic heterocycles. The van der Waals surface area contributed by atoms with Gasteiger partial charge in [0.15, 0.2) is 18.9 Å². The van der Waals surface area contributed by atoms with Gasteiger partial charge in [0.1, 0.15) is 24.4 Å². The molecule has 13 nitrogen and oxygen atoms in total. The highest BCUT2D eigenvalue weighted by atomic mass is 16.8. The maximum absolute atomic E-state index is 11.1. The Hall–Kier alpha value is -0.520. The minimum atomic E-state index is -1.38. The summed E-state index contributed by atoms with van der Waals surface area (Å²) in [5.41, 5.74) is 24.4. The summed E-state index contributed by atoms with van der Waals surface area (Å²) < 4.78 is 29.8. The molecule has 34 heavy (non-hydrogen) atoms. The highest BCUT2D eigenvalue weighted by molar-refractivity contribution is 5.00. The van der Waals surface area contributed by atoms with E-state index >= 15 is 0 Å². The lowest BCUT2D eigenvalue weighted by Gasteiger charge is -2.51. The van der Waals surface area contributed by atoms with E-state index in [4.69, 9.17) is 46.6 Å². The van der Waals surface area contributed by atoms with Crippen LogP contribution in [0, 0.1) is 0 Å². The first kappa shape index (κ1) is 26.5. The predicted molar refractivity (Wildman–Crippen MR) is 119 cm³/mol. The molecule has 0 radical (unpaired) electrons. The Balaban J connectivity index is 1.41. The molecule has 198 valence electrons.